The molecule has 1 aromatic carbocycles. The van der Waals surface area contributed by atoms with Gasteiger partial charge >= 0.3 is 0 Å². The zero-order chi connectivity index (χ0) is 11.8. The van der Waals surface area contributed by atoms with E-state index in [1.807, 2.05) is 31.2 Å². The number of nitrogens with zero attached hydrogens (tertiary/aromatic N) is 1. The molecule has 2 nitrogen and oxygen atoms in total. The first-order valence-corrected chi connectivity index (χ1v) is 5.33. The second-order valence-corrected chi connectivity index (χ2v) is 4.87. The van der Waals surface area contributed by atoms with Crippen molar-refractivity contribution in [1.82, 2.24) is 0 Å². The average Bonchev–Trinajstić information content (AvgIpc) is 2.15. The van der Waals surface area contributed by atoms with Crippen molar-refractivity contribution in [3.05, 3.63) is 35.4 Å². The lowest BCUT2D eigenvalue weighted by atomic mass is 9.64. The van der Waals surface area contributed by atoms with Crippen LogP contribution >= 0.6 is 0 Å². The summed E-state index contributed by atoms with van der Waals surface area (Å²) in [4.78, 5) is 14.3. The van der Waals surface area contributed by atoms with Gasteiger partial charge in [-0.15, -0.1) is 0 Å². The topological polar surface area (TPSA) is 29.4 Å². The summed E-state index contributed by atoms with van der Waals surface area (Å²) in [5.74, 6) is 0. The number of alkyl halides is 1. The number of benzene rings is 1. The van der Waals surface area contributed by atoms with Gasteiger partial charge in [-0.3, -0.25) is 0 Å². The van der Waals surface area contributed by atoms with Crippen molar-refractivity contribution in [2.45, 2.75) is 37.9 Å². The van der Waals surface area contributed by atoms with Gasteiger partial charge in [-0.2, -0.15) is 4.99 Å². The summed E-state index contributed by atoms with van der Waals surface area (Å²) in [5, 5.41) is 0. The maximum absolute atomic E-state index is 13.6. The smallest absolute Gasteiger partial charge is 0.235 e. The molecule has 1 fully saturated rings. The number of carbonyl (C=O) groups excluding carboxylic acids is 1. The Labute approximate surface area is 94.2 Å². The highest BCUT2D eigenvalue weighted by atomic mass is 19.1. The van der Waals surface area contributed by atoms with E-state index in [1.165, 1.54) is 0 Å². The Morgan fingerprint density at radius 3 is 2.62 bits per heavy atom. The molecule has 0 amide bonds. The van der Waals surface area contributed by atoms with Crippen molar-refractivity contribution in [3.8, 4) is 0 Å². The average molecular weight is 219 g/mol. The lowest BCUT2D eigenvalue weighted by Crippen LogP contribution is -2.48. The highest BCUT2D eigenvalue weighted by Crippen LogP contribution is 2.53. The zero-order valence-electron chi connectivity index (χ0n) is 9.46. The van der Waals surface area contributed by atoms with E-state index in [4.69, 9.17) is 0 Å². The molecule has 3 heteroatoms. The van der Waals surface area contributed by atoms with E-state index in [0.717, 1.165) is 11.1 Å². The molecule has 2 rings (SSSR count). The third-order valence-electron chi connectivity index (χ3n) is 3.14. The van der Waals surface area contributed by atoms with E-state index in [-0.39, 0.29) is 12.8 Å². The summed E-state index contributed by atoms with van der Waals surface area (Å²) in [5.41, 5.74) is 0.0953. The molecular weight excluding hydrogens is 205 g/mol. The number of isocyanates is 1. The second kappa shape index (κ2) is 3.53. The van der Waals surface area contributed by atoms with Crippen LogP contribution in [-0.4, -0.2) is 11.7 Å². The lowest BCUT2D eigenvalue weighted by molar-refractivity contribution is 0.00282. The Hall–Kier alpha value is -1.47. The maximum Gasteiger partial charge on any atom is 0.235 e. The number of halogens is 1. The minimum atomic E-state index is -1.22. The fourth-order valence-corrected chi connectivity index (χ4v) is 2.54. The molecule has 1 aliphatic rings. The van der Waals surface area contributed by atoms with Crippen molar-refractivity contribution < 1.29 is 9.18 Å². The predicted molar refractivity (Wildman–Crippen MR) is 59.7 cm³/mol. The van der Waals surface area contributed by atoms with Crippen molar-refractivity contribution in [3.63, 3.8) is 0 Å². The molecule has 0 N–H and O–H groups in total. The van der Waals surface area contributed by atoms with Gasteiger partial charge in [0.1, 0.15) is 11.2 Å². The van der Waals surface area contributed by atoms with Crippen molar-refractivity contribution in [2.75, 3.05) is 0 Å². The molecule has 0 radical (unpaired) electrons. The van der Waals surface area contributed by atoms with Gasteiger partial charge in [-0.25, -0.2) is 9.18 Å². The van der Waals surface area contributed by atoms with Crippen LogP contribution in [0.5, 0.6) is 0 Å². The predicted octanol–water partition coefficient (Wildman–Crippen LogP) is 3.05. The molecule has 0 atom stereocenters. The van der Waals surface area contributed by atoms with Crippen LogP contribution in [0.3, 0.4) is 0 Å². The van der Waals surface area contributed by atoms with Gasteiger partial charge < -0.3 is 0 Å². The molecule has 0 unspecified atom stereocenters. The van der Waals surface area contributed by atoms with Crippen LogP contribution in [0.4, 0.5) is 4.39 Å². The van der Waals surface area contributed by atoms with Gasteiger partial charge in [0.2, 0.25) is 6.08 Å². The highest BCUT2D eigenvalue weighted by molar-refractivity contribution is 5.41. The minimum Gasteiger partial charge on any atom is -0.244 e. The zero-order valence-corrected chi connectivity index (χ0v) is 9.46. The Balaban J connectivity index is 2.39. The molecule has 0 aromatic heterocycles. The van der Waals surface area contributed by atoms with Gasteiger partial charge in [0.05, 0.1) is 0 Å². The van der Waals surface area contributed by atoms with Crippen molar-refractivity contribution in [1.29, 1.82) is 0 Å². The second-order valence-electron chi connectivity index (χ2n) is 4.87. The van der Waals surface area contributed by atoms with Gasteiger partial charge in [0.25, 0.3) is 0 Å². The monoisotopic (exact) mass is 219 g/mol. The molecule has 1 aromatic rings. The third-order valence-corrected chi connectivity index (χ3v) is 3.14. The van der Waals surface area contributed by atoms with Gasteiger partial charge in [-0.05, 0) is 19.4 Å². The number of hydrogen-bond donors (Lipinski definition) is 0. The van der Waals surface area contributed by atoms with Crippen molar-refractivity contribution >= 4 is 6.08 Å². The minimum absolute atomic E-state index is 0.263. The van der Waals surface area contributed by atoms with Gasteiger partial charge in [0.15, 0.2) is 0 Å². The molecule has 1 saturated carbocycles. The first kappa shape index (κ1) is 11.0. The summed E-state index contributed by atoms with van der Waals surface area (Å²) in [6.45, 7) is 3.51. The molecule has 0 heterocycles. The Bertz CT molecular complexity index is 453. The molecular formula is C13H14FNO. The normalized spacial score (nSPS) is 32.7. The molecule has 0 bridgehead atoms. The summed E-state index contributed by atoms with van der Waals surface area (Å²) in [7, 11) is 0. The van der Waals surface area contributed by atoms with Crippen LogP contribution in [0.2, 0.25) is 0 Å². The largest absolute Gasteiger partial charge is 0.244 e. The van der Waals surface area contributed by atoms with Crippen LogP contribution in [-0.2, 0) is 10.3 Å². The third kappa shape index (κ3) is 1.79. The summed E-state index contributed by atoms with van der Waals surface area (Å²) in [6.07, 6.45) is 2.10. The van der Waals surface area contributed by atoms with Crippen molar-refractivity contribution in [2.24, 2.45) is 4.99 Å². The van der Waals surface area contributed by atoms with Gasteiger partial charge in [-0.1, -0.05) is 29.8 Å². The first-order valence-electron chi connectivity index (χ1n) is 5.33. The quantitative estimate of drug-likeness (QED) is 0.555. The van der Waals surface area contributed by atoms with Crippen LogP contribution in [0.25, 0.3) is 0 Å². The summed E-state index contributed by atoms with van der Waals surface area (Å²) >= 11 is 0. The fourth-order valence-electron chi connectivity index (χ4n) is 2.54. The van der Waals surface area contributed by atoms with Crippen LogP contribution < -0.4 is 0 Å². The highest BCUT2D eigenvalue weighted by Gasteiger charge is 2.54. The maximum atomic E-state index is 13.6. The Morgan fingerprint density at radius 2 is 2.12 bits per heavy atom. The number of aliphatic imine (C=N–C) groups is 1. The Morgan fingerprint density at radius 1 is 1.44 bits per heavy atom. The Kier molecular flexibility index (Phi) is 2.43. The number of rotatable bonds is 2. The van der Waals surface area contributed by atoms with E-state index in [2.05, 4.69) is 4.99 Å². The molecule has 84 valence electrons. The molecule has 0 spiro atoms. The lowest BCUT2D eigenvalue weighted by Gasteiger charge is -2.46. The van der Waals surface area contributed by atoms with E-state index >= 15 is 0 Å². The molecule has 0 aliphatic heterocycles. The first-order chi connectivity index (χ1) is 7.47. The summed E-state index contributed by atoms with van der Waals surface area (Å²) < 4.78 is 13.6. The SMILES string of the molecule is Cc1cccc(C2(N=C=O)CC(C)(F)C2)c1. The fraction of sp³-hybridized carbons (Fsp3) is 0.462. The van der Waals surface area contributed by atoms with E-state index in [1.54, 1.807) is 13.0 Å². The van der Waals surface area contributed by atoms with E-state index < -0.39 is 11.2 Å². The van der Waals surface area contributed by atoms with Crippen LogP contribution in [0.1, 0.15) is 30.9 Å². The molecule has 0 saturated heterocycles. The van der Waals surface area contributed by atoms with E-state index in [9.17, 15) is 9.18 Å². The summed E-state index contributed by atoms with van der Waals surface area (Å²) in [6, 6.07) is 7.72. The molecule has 1 aliphatic carbocycles. The van der Waals surface area contributed by atoms with E-state index in [0.29, 0.717) is 0 Å². The molecule has 16 heavy (non-hydrogen) atoms. The number of aryl methyl sites for hydroxylation is 1. The van der Waals surface area contributed by atoms with Crippen LogP contribution in [0, 0.1) is 6.92 Å². The van der Waals surface area contributed by atoms with Crippen LogP contribution in [0.15, 0.2) is 29.3 Å². The standard InChI is InChI=1S/C13H14FNO/c1-10-4-3-5-11(6-10)13(15-9-16)7-12(2,14)8-13/h3-6H,7-8H2,1-2H3. The van der Waals surface area contributed by atoms with Gasteiger partial charge in [0, 0.05) is 12.8 Å². The number of hydrogen-bond acceptors (Lipinski definition) is 2.